The van der Waals surface area contributed by atoms with E-state index < -0.39 is 12.1 Å². The summed E-state index contributed by atoms with van der Waals surface area (Å²) in [5.41, 5.74) is 0. The molecule has 0 aromatic rings. The SMILES string of the molecule is CN1CC(=O)N(CC2CCC(C(=O)O)O2)CC1=O. The van der Waals surface area contributed by atoms with Gasteiger partial charge in [0.25, 0.3) is 0 Å². The Morgan fingerprint density at radius 3 is 2.67 bits per heavy atom. The van der Waals surface area contributed by atoms with Crippen molar-refractivity contribution in [2.45, 2.75) is 25.0 Å². The van der Waals surface area contributed by atoms with E-state index in [9.17, 15) is 14.4 Å². The van der Waals surface area contributed by atoms with Crippen LogP contribution in [-0.4, -0.2) is 71.6 Å². The predicted molar refractivity (Wildman–Crippen MR) is 59.7 cm³/mol. The molecule has 7 heteroatoms. The first-order chi connectivity index (χ1) is 8.47. The first-order valence-corrected chi connectivity index (χ1v) is 5.87. The molecule has 100 valence electrons. The third kappa shape index (κ3) is 2.61. The van der Waals surface area contributed by atoms with Crippen LogP contribution < -0.4 is 0 Å². The second kappa shape index (κ2) is 4.93. The Balaban J connectivity index is 1.89. The molecule has 0 aromatic carbocycles. The van der Waals surface area contributed by atoms with Gasteiger partial charge in [0.2, 0.25) is 11.8 Å². The Morgan fingerprint density at radius 1 is 1.33 bits per heavy atom. The van der Waals surface area contributed by atoms with Gasteiger partial charge in [0, 0.05) is 13.6 Å². The summed E-state index contributed by atoms with van der Waals surface area (Å²) in [6.45, 7) is 0.420. The molecule has 2 heterocycles. The molecule has 0 aliphatic carbocycles. The van der Waals surface area contributed by atoms with Crippen molar-refractivity contribution < 1.29 is 24.2 Å². The maximum absolute atomic E-state index is 11.7. The zero-order valence-corrected chi connectivity index (χ0v) is 10.2. The average Bonchev–Trinajstić information content (AvgIpc) is 2.74. The molecule has 2 rings (SSSR count). The lowest BCUT2D eigenvalue weighted by atomic mass is 10.2. The third-order valence-corrected chi connectivity index (χ3v) is 3.28. The fourth-order valence-corrected chi connectivity index (χ4v) is 2.20. The molecule has 0 bridgehead atoms. The number of carboxylic acids is 1. The van der Waals surface area contributed by atoms with Crippen LogP contribution in [-0.2, 0) is 19.1 Å². The van der Waals surface area contributed by atoms with Gasteiger partial charge in [-0.3, -0.25) is 9.59 Å². The van der Waals surface area contributed by atoms with Crippen molar-refractivity contribution in [1.82, 2.24) is 9.80 Å². The second-order valence-corrected chi connectivity index (χ2v) is 4.69. The first kappa shape index (κ1) is 12.8. The van der Waals surface area contributed by atoms with E-state index in [0.717, 1.165) is 0 Å². The van der Waals surface area contributed by atoms with Crippen molar-refractivity contribution in [1.29, 1.82) is 0 Å². The minimum Gasteiger partial charge on any atom is -0.479 e. The highest BCUT2D eigenvalue weighted by Crippen LogP contribution is 2.21. The summed E-state index contributed by atoms with van der Waals surface area (Å²) in [5, 5.41) is 8.80. The lowest BCUT2D eigenvalue weighted by Gasteiger charge is -2.33. The molecule has 2 fully saturated rings. The van der Waals surface area contributed by atoms with Crippen molar-refractivity contribution in [2.75, 3.05) is 26.7 Å². The van der Waals surface area contributed by atoms with Crippen LogP contribution >= 0.6 is 0 Å². The van der Waals surface area contributed by atoms with Crippen LogP contribution in [0.25, 0.3) is 0 Å². The van der Waals surface area contributed by atoms with E-state index in [1.165, 1.54) is 9.80 Å². The van der Waals surface area contributed by atoms with Crippen LogP contribution in [0.5, 0.6) is 0 Å². The predicted octanol–water partition coefficient (Wildman–Crippen LogP) is -1.08. The maximum atomic E-state index is 11.7. The summed E-state index contributed by atoms with van der Waals surface area (Å²) in [7, 11) is 1.59. The Hall–Kier alpha value is -1.63. The Bertz CT molecular complexity index is 384. The molecular weight excluding hydrogens is 240 g/mol. The molecule has 0 aromatic heterocycles. The van der Waals surface area contributed by atoms with Crippen LogP contribution in [0.1, 0.15) is 12.8 Å². The van der Waals surface area contributed by atoms with E-state index in [1.54, 1.807) is 7.05 Å². The van der Waals surface area contributed by atoms with Gasteiger partial charge in [-0.15, -0.1) is 0 Å². The number of likely N-dealkylation sites (N-methyl/N-ethyl adjacent to an activating group) is 1. The standard InChI is InChI=1S/C11H16N2O5/c1-12-5-10(15)13(6-9(12)14)4-7-2-3-8(18-7)11(16)17/h7-8H,2-6H2,1H3,(H,16,17). The number of rotatable bonds is 3. The number of hydrogen-bond acceptors (Lipinski definition) is 4. The summed E-state index contributed by atoms with van der Waals surface area (Å²) >= 11 is 0. The van der Waals surface area contributed by atoms with Crippen LogP contribution in [0.2, 0.25) is 0 Å². The second-order valence-electron chi connectivity index (χ2n) is 4.69. The number of piperazine rings is 1. The Labute approximate surface area is 104 Å². The molecule has 2 aliphatic rings. The van der Waals surface area contributed by atoms with E-state index in [1.807, 2.05) is 0 Å². The number of amides is 2. The molecule has 1 N–H and O–H groups in total. The van der Waals surface area contributed by atoms with Crippen LogP contribution in [0.3, 0.4) is 0 Å². The molecule has 2 saturated heterocycles. The quantitative estimate of drug-likeness (QED) is 0.694. The van der Waals surface area contributed by atoms with Gasteiger partial charge >= 0.3 is 5.97 Å². The largest absolute Gasteiger partial charge is 0.479 e. The molecule has 2 amide bonds. The Kier molecular flexibility index (Phi) is 3.51. The molecule has 2 unspecified atom stereocenters. The number of carbonyl (C=O) groups is 3. The lowest BCUT2D eigenvalue weighted by molar-refractivity contribution is -0.153. The lowest BCUT2D eigenvalue weighted by Crippen LogP contribution is -2.54. The normalized spacial score (nSPS) is 28.9. The smallest absolute Gasteiger partial charge is 0.332 e. The van der Waals surface area contributed by atoms with Gasteiger partial charge in [-0.05, 0) is 12.8 Å². The van der Waals surface area contributed by atoms with Crippen molar-refractivity contribution in [3.05, 3.63) is 0 Å². The summed E-state index contributed by atoms with van der Waals surface area (Å²) < 4.78 is 5.32. The highest BCUT2D eigenvalue weighted by Gasteiger charge is 2.34. The molecule has 0 saturated carbocycles. The summed E-state index contributed by atoms with van der Waals surface area (Å²) in [5.74, 6) is -1.21. The molecule has 0 radical (unpaired) electrons. The monoisotopic (exact) mass is 256 g/mol. The van der Waals surface area contributed by atoms with Gasteiger partial charge in [-0.2, -0.15) is 0 Å². The third-order valence-electron chi connectivity index (χ3n) is 3.28. The Morgan fingerprint density at radius 2 is 2.06 bits per heavy atom. The summed E-state index contributed by atoms with van der Waals surface area (Å²) in [6.07, 6.45) is -0.0137. The van der Waals surface area contributed by atoms with Gasteiger partial charge in [0.15, 0.2) is 6.10 Å². The van der Waals surface area contributed by atoms with Crippen molar-refractivity contribution >= 4 is 17.8 Å². The molecular formula is C11H16N2O5. The van der Waals surface area contributed by atoms with E-state index >= 15 is 0 Å². The highest BCUT2D eigenvalue weighted by molar-refractivity contribution is 5.92. The molecule has 7 nitrogen and oxygen atoms in total. The first-order valence-electron chi connectivity index (χ1n) is 5.87. The number of carboxylic acid groups (broad SMARTS) is 1. The summed E-state index contributed by atoms with van der Waals surface area (Å²) in [6, 6.07) is 0. The highest BCUT2D eigenvalue weighted by atomic mass is 16.5. The molecule has 0 spiro atoms. The fraction of sp³-hybridized carbons (Fsp3) is 0.727. The van der Waals surface area contributed by atoms with E-state index in [-0.39, 0.29) is 31.0 Å². The van der Waals surface area contributed by atoms with E-state index in [0.29, 0.717) is 19.4 Å². The molecule has 18 heavy (non-hydrogen) atoms. The van der Waals surface area contributed by atoms with Crippen molar-refractivity contribution in [3.8, 4) is 0 Å². The van der Waals surface area contributed by atoms with Gasteiger partial charge in [0.1, 0.15) is 0 Å². The maximum Gasteiger partial charge on any atom is 0.332 e. The summed E-state index contributed by atoms with van der Waals surface area (Å²) in [4.78, 5) is 36.8. The van der Waals surface area contributed by atoms with Crippen molar-refractivity contribution in [3.63, 3.8) is 0 Å². The van der Waals surface area contributed by atoms with Crippen LogP contribution in [0.15, 0.2) is 0 Å². The van der Waals surface area contributed by atoms with Crippen LogP contribution in [0.4, 0.5) is 0 Å². The molecule has 2 aliphatic heterocycles. The van der Waals surface area contributed by atoms with E-state index in [4.69, 9.17) is 9.84 Å². The minimum atomic E-state index is -0.974. The molecule has 2 atom stereocenters. The minimum absolute atomic E-state index is 0.0485. The van der Waals surface area contributed by atoms with Gasteiger partial charge in [0.05, 0.1) is 19.2 Å². The number of hydrogen-bond donors (Lipinski definition) is 1. The van der Waals surface area contributed by atoms with Gasteiger partial charge in [-0.25, -0.2) is 4.79 Å². The zero-order valence-electron chi connectivity index (χ0n) is 10.2. The fourth-order valence-electron chi connectivity index (χ4n) is 2.20. The number of aliphatic carboxylic acids is 1. The number of nitrogens with zero attached hydrogens (tertiary/aromatic N) is 2. The number of ether oxygens (including phenoxy) is 1. The van der Waals surface area contributed by atoms with Crippen LogP contribution in [0, 0.1) is 0 Å². The topological polar surface area (TPSA) is 87.2 Å². The zero-order chi connectivity index (χ0) is 13.3. The van der Waals surface area contributed by atoms with Gasteiger partial charge in [-0.1, -0.05) is 0 Å². The van der Waals surface area contributed by atoms with Crippen molar-refractivity contribution in [2.24, 2.45) is 0 Å². The average molecular weight is 256 g/mol. The van der Waals surface area contributed by atoms with E-state index in [2.05, 4.69) is 0 Å². The van der Waals surface area contributed by atoms with Gasteiger partial charge < -0.3 is 19.6 Å². The number of carbonyl (C=O) groups excluding carboxylic acids is 2.